The third-order valence-corrected chi connectivity index (χ3v) is 4.65. The summed E-state index contributed by atoms with van der Waals surface area (Å²) in [6.45, 7) is 0.472. The molecular weight excluding hydrogens is 411 g/mol. The Labute approximate surface area is 175 Å². The van der Waals surface area contributed by atoms with Crippen LogP contribution in [0.3, 0.4) is 0 Å². The number of nitrogens with one attached hydrogen (secondary N) is 3. The minimum atomic E-state index is -4.77. The Kier molecular flexibility index (Phi) is 5.24. The average Bonchev–Trinajstić information content (AvgIpc) is 3.10. The zero-order valence-corrected chi connectivity index (χ0v) is 15.9. The topological polar surface area (TPSA) is 79.5 Å². The van der Waals surface area contributed by atoms with Crippen LogP contribution in [0.25, 0.3) is 11.1 Å². The van der Waals surface area contributed by atoms with Crippen molar-refractivity contribution in [2.45, 2.75) is 12.9 Å². The van der Waals surface area contributed by atoms with Crippen molar-refractivity contribution in [2.24, 2.45) is 0 Å². The van der Waals surface area contributed by atoms with Crippen molar-refractivity contribution in [2.75, 3.05) is 10.6 Å². The van der Waals surface area contributed by atoms with Gasteiger partial charge in [-0.05, 0) is 59.2 Å². The maximum Gasteiger partial charge on any atom is 0.573 e. The fourth-order valence-electron chi connectivity index (χ4n) is 3.29. The number of carbonyl (C=O) groups is 2. The Morgan fingerprint density at radius 1 is 0.871 bits per heavy atom. The molecule has 0 spiro atoms. The predicted molar refractivity (Wildman–Crippen MR) is 109 cm³/mol. The van der Waals surface area contributed by atoms with Crippen molar-refractivity contribution in [3.8, 4) is 16.9 Å². The molecule has 4 rings (SSSR count). The molecule has 6 nitrogen and oxygen atoms in total. The summed E-state index contributed by atoms with van der Waals surface area (Å²) in [5.41, 5.74) is 4.27. The van der Waals surface area contributed by atoms with E-state index in [2.05, 4.69) is 20.7 Å². The van der Waals surface area contributed by atoms with Crippen molar-refractivity contribution in [1.29, 1.82) is 0 Å². The number of rotatable bonds is 4. The van der Waals surface area contributed by atoms with Crippen molar-refractivity contribution in [3.05, 3.63) is 77.9 Å². The number of amides is 3. The van der Waals surface area contributed by atoms with Crippen LogP contribution in [0.2, 0.25) is 0 Å². The van der Waals surface area contributed by atoms with Gasteiger partial charge in [-0.1, -0.05) is 24.3 Å². The third kappa shape index (κ3) is 4.77. The van der Waals surface area contributed by atoms with E-state index < -0.39 is 12.4 Å². The third-order valence-electron chi connectivity index (χ3n) is 4.65. The smallest absolute Gasteiger partial charge is 0.406 e. The molecule has 3 N–H and O–H groups in total. The molecule has 0 unspecified atom stereocenters. The van der Waals surface area contributed by atoms with E-state index in [1.165, 1.54) is 12.1 Å². The molecule has 0 saturated heterocycles. The van der Waals surface area contributed by atoms with Gasteiger partial charge >= 0.3 is 12.4 Å². The second-order valence-electron chi connectivity index (χ2n) is 6.74. The number of urea groups is 1. The van der Waals surface area contributed by atoms with Gasteiger partial charge in [-0.3, -0.25) is 4.79 Å². The van der Waals surface area contributed by atoms with Crippen LogP contribution in [0.15, 0.2) is 66.7 Å². The number of ether oxygens (including phenoxy) is 1. The van der Waals surface area contributed by atoms with Gasteiger partial charge in [0.05, 0.1) is 0 Å². The number of hydrogen-bond acceptors (Lipinski definition) is 3. The molecule has 158 valence electrons. The molecule has 3 amide bonds. The van der Waals surface area contributed by atoms with Crippen LogP contribution in [0.4, 0.5) is 29.3 Å². The molecule has 0 bridgehead atoms. The van der Waals surface area contributed by atoms with Crippen molar-refractivity contribution >= 4 is 23.3 Å². The second-order valence-corrected chi connectivity index (χ2v) is 6.74. The van der Waals surface area contributed by atoms with Gasteiger partial charge in [0.1, 0.15) is 5.75 Å². The summed E-state index contributed by atoms with van der Waals surface area (Å²) < 4.78 is 40.4. The number of fused-ring (bicyclic) bond motifs is 1. The van der Waals surface area contributed by atoms with Gasteiger partial charge in [-0.25, -0.2) is 4.79 Å². The first-order valence-corrected chi connectivity index (χ1v) is 9.23. The normalized spacial score (nSPS) is 12.7. The summed E-state index contributed by atoms with van der Waals surface area (Å²) >= 11 is 0. The first-order valence-electron chi connectivity index (χ1n) is 9.23. The van der Waals surface area contributed by atoms with Gasteiger partial charge in [-0.2, -0.15) is 0 Å². The van der Waals surface area contributed by atoms with Gasteiger partial charge < -0.3 is 20.7 Å². The van der Waals surface area contributed by atoms with Crippen molar-refractivity contribution < 1.29 is 27.5 Å². The molecule has 1 aliphatic rings. The maximum atomic E-state index is 12.2. The summed E-state index contributed by atoms with van der Waals surface area (Å²) in [5, 5.41) is 7.99. The van der Waals surface area contributed by atoms with Crippen LogP contribution in [0, 0.1) is 0 Å². The van der Waals surface area contributed by atoms with E-state index in [0.717, 1.165) is 28.8 Å². The Bertz CT molecular complexity index is 1130. The minimum Gasteiger partial charge on any atom is -0.406 e. The molecule has 0 aliphatic carbocycles. The quantitative estimate of drug-likeness (QED) is 0.540. The summed E-state index contributed by atoms with van der Waals surface area (Å²) in [6, 6.07) is 16.9. The number of anilines is 2. The van der Waals surface area contributed by atoms with Crippen LogP contribution in [0.1, 0.15) is 15.9 Å². The summed E-state index contributed by atoms with van der Waals surface area (Å²) in [4.78, 5) is 24.0. The van der Waals surface area contributed by atoms with E-state index >= 15 is 0 Å². The van der Waals surface area contributed by atoms with Crippen LogP contribution in [-0.4, -0.2) is 18.3 Å². The molecule has 0 atom stereocenters. The lowest BCUT2D eigenvalue weighted by Crippen LogP contribution is -2.19. The fourth-order valence-corrected chi connectivity index (χ4v) is 3.29. The molecule has 0 saturated carbocycles. The highest BCUT2D eigenvalue weighted by molar-refractivity contribution is 6.01. The monoisotopic (exact) mass is 427 g/mol. The van der Waals surface area contributed by atoms with Crippen LogP contribution >= 0.6 is 0 Å². The molecule has 3 aromatic carbocycles. The number of benzene rings is 3. The molecular formula is C22H16F3N3O3. The largest absolute Gasteiger partial charge is 0.573 e. The standard InChI is InChI=1S/C22H16F3N3O3/c23-22(24,25)31-16-10-8-15(9-11-16)28-21(30)27-14-6-4-13(5-7-14)17-2-1-3-18-19(17)12-26-20(18)29/h1-11H,12H2,(H,26,29)(H2,27,28,30). The van der Waals surface area contributed by atoms with Gasteiger partial charge in [-0.15, -0.1) is 13.2 Å². The van der Waals surface area contributed by atoms with Gasteiger partial charge in [0.25, 0.3) is 5.91 Å². The lowest BCUT2D eigenvalue weighted by Gasteiger charge is -2.11. The molecule has 0 fully saturated rings. The number of alkyl halides is 3. The first-order chi connectivity index (χ1) is 14.8. The molecule has 1 aliphatic heterocycles. The first kappa shape index (κ1) is 20.3. The van der Waals surface area contributed by atoms with E-state index in [1.54, 1.807) is 18.2 Å². The lowest BCUT2D eigenvalue weighted by atomic mass is 9.97. The zero-order chi connectivity index (χ0) is 22.0. The summed E-state index contributed by atoms with van der Waals surface area (Å²) in [5.74, 6) is -0.469. The number of carbonyl (C=O) groups excluding carboxylic acids is 2. The van der Waals surface area contributed by atoms with E-state index in [1.807, 2.05) is 24.3 Å². The fraction of sp³-hybridized carbons (Fsp3) is 0.0909. The molecule has 9 heteroatoms. The van der Waals surface area contributed by atoms with Crippen LogP contribution in [0.5, 0.6) is 5.75 Å². The number of halogens is 3. The van der Waals surface area contributed by atoms with Crippen molar-refractivity contribution in [3.63, 3.8) is 0 Å². The van der Waals surface area contributed by atoms with E-state index in [-0.39, 0.29) is 11.7 Å². The lowest BCUT2D eigenvalue weighted by molar-refractivity contribution is -0.274. The SMILES string of the molecule is O=C(Nc1ccc(OC(F)(F)F)cc1)Nc1ccc(-c2cccc3c2CNC3=O)cc1. The van der Waals surface area contributed by atoms with Gasteiger partial charge in [0, 0.05) is 23.5 Å². The Hall–Kier alpha value is -4.01. The zero-order valence-electron chi connectivity index (χ0n) is 15.9. The highest BCUT2D eigenvalue weighted by Gasteiger charge is 2.31. The molecule has 1 heterocycles. The Balaban J connectivity index is 1.40. The maximum absolute atomic E-state index is 12.2. The highest BCUT2D eigenvalue weighted by Crippen LogP contribution is 2.30. The summed E-state index contributed by atoms with van der Waals surface area (Å²) in [6.07, 6.45) is -4.77. The summed E-state index contributed by atoms with van der Waals surface area (Å²) in [7, 11) is 0. The molecule has 31 heavy (non-hydrogen) atoms. The van der Waals surface area contributed by atoms with Crippen LogP contribution < -0.4 is 20.7 Å². The van der Waals surface area contributed by atoms with Gasteiger partial charge in [0.2, 0.25) is 0 Å². The van der Waals surface area contributed by atoms with E-state index in [0.29, 0.717) is 23.5 Å². The molecule has 3 aromatic rings. The Morgan fingerprint density at radius 2 is 1.45 bits per heavy atom. The molecule has 0 radical (unpaired) electrons. The average molecular weight is 427 g/mol. The van der Waals surface area contributed by atoms with E-state index in [4.69, 9.17) is 0 Å². The highest BCUT2D eigenvalue weighted by atomic mass is 19.4. The Morgan fingerprint density at radius 3 is 2.06 bits per heavy atom. The number of hydrogen-bond donors (Lipinski definition) is 3. The van der Waals surface area contributed by atoms with Crippen molar-refractivity contribution in [1.82, 2.24) is 5.32 Å². The minimum absolute atomic E-state index is 0.0928. The predicted octanol–water partition coefficient (Wildman–Crippen LogP) is 5.14. The van der Waals surface area contributed by atoms with Crippen LogP contribution in [-0.2, 0) is 6.54 Å². The second kappa shape index (κ2) is 8.02. The van der Waals surface area contributed by atoms with E-state index in [9.17, 15) is 22.8 Å². The molecule has 0 aromatic heterocycles. The van der Waals surface area contributed by atoms with Gasteiger partial charge in [0.15, 0.2) is 0 Å².